The van der Waals surface area contributed by atoms with Crippen LogP contribution in [0.3, 0.4) is 0 Å². The first kappa shape index (κ1) is 24.8. The van der Waals surface area contributed by atoms with Crippen molar-refractivity contribution in [1.29, 1.82) is 0 Å². The van der Waals surface area contributed by atoms with E-state index in [9.17, 15) is 9.59 Å². The molecule has 0 aliphatic carbocycles. The van der Waals surface area contributed by atoms with Gasteiger partial charge in [-0.05, 0) is 43.7 Å². The van der Waals surface area contributed by atoms with Gasteiger partial charge in [0.1, 0.15) is 6.04 Å². The van der Waals surface area contributed by atoms with Gasteiger partial charge in [0.15, 0.2) is 0 Å². The van der Waals surface area contributed by atoms with Gasteiger partial charge in [0, 0.05) is 11.4 Å². The van der Waals surface area contributed by atoms with Crippen LogP contribution in [0.2, 0.25) is 0 Å². The molecule has 1 aliphatic rings. The minimum atomic E-state index is -0.728. The second-order valence-corrected chi connectivity index (χ2v) is 9.86. The van der Waals surface area contributed by atoms with E-state index in [0.717, 1.165) is 36.1 Å². The zero-order chi connectivity index (χ0) is 22.0. The molecular weight excluding hydrogens is 392 g/mol. The van der Waals surface area contributed by atoms with Crippen LogP contribution in [0, 0.1) is 5.92 Å². The highest BCUT2D eigenvalue weighted by molar-refractivity contribution is 7.80. The Morgan fingerprint density at radius 2 is 1.70 bits per heavy atom. The SMILES string of the molecule is CC(C)CC(C)(C(=O)NC1CCCCCCCCCCNC1=O)c1ccccc1S. The number of thiol groups is 1. The van der Waals surface area contributed by atoms with Crippen molar-refractivity contribution < 1.29 is 9.59 Å². The Kier molecular flexibility index (Phi) is 10.2. The van der Waals surface area contributed by atoms with Crippen molar-refractivity contribution in [3.05, 3.63) is 29.8 Å². The van der Waals surface area contributed by atoms with E-state index < -0.39 is 11.5 Å². The van der Waals surface area contributed by atoms with E-state index in [-0.39, 0.29) is 11.8 Å². The predicted molar refractivity (Wildman–Crippen MR) is 127 cm³/mol. The lowest BCUT2D eigenvalue weighted by Gasteiger charge is -2.33. The highest BCUT2D eigenvalue weighted by Crippen LogP contribution is 2.35. The van der Waals surface area contributed by atoms with Gasteiger partial charge in [0.25, 0.3) is 0 Å². The number of nitrogens with one attached hydrogen (secondary N) is 2. The van der Waals surface area contributed by atoms with Crippen molar-refractivity contribution in [3.63, 3.8) is 0 Å². The molecule has 2 N–H and O–H groups in total. The number of amides is 2. The molecule has 0 aromatic heterocycles. The summed E-state index contributed by atoms with van der Waals surface area (Å²) in [5, 5.41) is 6.17. The molecule has 0 spiro atoms. The molecule has 2 atom stereocenters. The summed E-state index contributed by atoms with van der Waals surface area (Å²) in [6.45, 7) is 6.92. The molecule has 168 valence electrons. The molecule has 1 aliphatic heterocycles. The largest absolute Gasteiger partial charge is 0.354 e. The summed E-state index contributed by atoms with van der Waals surface area (Å²) in [4.78, 5) is 27.3. The number of rotatable bonds is 5. The number of benzene rings is 1. The highest BCUT2D eigenvalue weighted by Gasteiger charge is 2.38. The van der Waals surface area contributed by atoms with Crippen LogP contribution in [0.4, 0.5) is 0 Å². The maximum atomic E-state index is 13.6. The quantitative estimate of drug-likeness (QED) is 0.545. The first-order valence-corrected chi connectivity index (χ1v) is 12.2. The summed E-state index contributed by atoms with van der Waals surface area (Å²) in [7, 11) is 0. The third-order valence-corrected chi connectivity index (χ3v) is 6.55. The van der Waals surface area contributed by atoms with E-state index in [1.54, 1.807) is 0 Å². The van der Waals surface area contributed by atoms with E-state index in [0.29, 0.717) is 25.3 Å². The fourth-order valence-electron chi connectivity index (χ4n) is 4.54. The molecule has 0 radical (unpaired) electrons. The van der Waals surface area contributed by atoms with Crippen LogP contribution in [0.1, 0.15) is 90.5 Å². The third kappa shape index (κ3) is 7.33. The standard InChI is InChI=1S/C25H40N2O2S/c1-19(2)18-25(3,20-14-11-12-16-22(20)30)24(29)27-21-15-10-8-6-4-5-7-9-13-17-26-23(21)28/h11-12,14,16,19,21,30H,4-10,13,15,17-18H2,1-3H3,(H,26,28)(H,27,29). The zero-order valence-corrected chi connectivity index (χ0v) is 19.9. The first-order valence-electron chi connectivity index (χ1n) is 11.7. The molecule has 1 fully saturated rings. The van der Waals surface area contributed by atoms with Gasteiger partial charge in [-0.1, -0.05) is 77.0 Å². The molecule has 1 aromatic rings. The maximum absolute atomic E-state index is 13.6. The molecule has 0 saturated carbocycles. The summed E-state index contributed by atoms with van der Waals surface area (Å²) in [6.07, 6.45) is 10.6. The molecule has 1 aromatic carbocycles. The van der Waals surface area contributed by atoms with Crippen molar-refractivity contribution in [2.24, 2.45) is 5.92 Å². The van der Waals surface area contributed by atoms with E-state index in [4.69, 9.17) is 0 Å². The second kappa shape index (κ2) is 12.4. The van der Waals surface area contributed by atoms with E-state index >= 15 is 0 Å². The average molecular weight is 433 g/mol. The van der Waals surface area contributed by atoms with Gasteiger partial charge < -0.3 is 10.6 Å². The number of hydrogen-bond donors (Lipinski definition) is 3. The van der Waals surface area contributed by atoms with Gasteiger partial charge in [-0.2, -0.15) is 0 Å². The molecule has 2 unspecified atom stereocenters. The Bertz CT molecular complexity index is 691. The topological polar surface area (TPSA) is 58.2 Å². The van der Waals surface area contributed by atoms with Gasteiger partial charge >= 0.3 is 0 Å². The summed E-state index contributed by atoms with van der Waals surface area (Å²) < 4.78 is 0. The van der Waals surface area contributed by atoms with Crippen LogP contribution in [-0.2, 0) is 15.0 Å². The van der Waals surface area contributed by atoms with E-state index in [1.165, 1.54) is 25.7 Å². The zero-order valence-electron chi connectivity index (χ0n) is 19.0. The summed E-state index contributed by atoms with van der Waals surface area (Å²) in [6, 6.07) is 7.32. The maximum Gasteiger partial charge on any atom is 0.242 e. The Hall–Kier alpha value is -1.49. The predicted octanol–water partition coefficient (Wildman–Crippen LogP) is 5.40. The van der Waals surface area contributed by atoms with Gasteiger partial charge in [-0.25, -0.2) is 0 Å². The molecule has 2 amide bonds. The average Bonchev–Trinajstić information content (AvgIpc) is 2.71. The first-order chi connectivity index (χ1) is 14.3. The molecule has 0 bridgehead atoms. The lowest BCUT2D eigenvalue weighted by molar-refractivity contribution is -0.132. The van der Waals surface area contributed by atoms with Crippen molar-refractivity contribution in [1.82, 2.24) is 10.6 Å². The minimum absolute atomic E-state index is 0.0475. The fraction of sp³-hybridized carbons (Fsp3) is 0.680. The van der Waals surface area contributed by atoms with Crippen molar-refractivity contribution >= 4 is 24.4 Å². The van der Waals surface area contributed by atoms with Crippen molar-refractivity contribution in [3.8, 4) is 0 Å². The Morgan fingerprint density at radius 1 is 1.10 bits per heavy atom. The summed E-state index contributed by atoms with van der Waals surface area (Å²) in [5.41, 5.74) is 0.193. The molecule has 30 heavy (non-hydrogen) atoms. The monoisotopic (exact) mass is 432 g/mol. The Morgan fingerprint density at radius 3 is 2.33 bits per heavy atom. The summed E-state index contributed by atoms with van der Waals surface area (Å²) >= 11 is 4.62. The number of hydrogen-bond acceptors (Lipinski definition) is 3. The molecule has 4 nitrogen and oxygen atoms in total. The molecule has 1 saturated heterocycles. The van der Waals surface area contributed by atoms with Crippen molar-refractivity contribution in [2.75, 3.05) is 6.54 Å². The van der Waals surface area contributed by atoms with Gasteiger partial charge in [-0.15, -0.1) is 12.6 Å². The summed E-state index contributed by atoms with van der Waals surface area (Å²) in [5.74, 6) is 0.207. The van der Waals surface area contributed by atoms with Crippen LogP contribution in [0.25, 0.3) is 0 Å². The lowest BCUT2D eigenvalue weighted by atomic mass is 9.75. The van der Waals surface area contributed by atoms with E-state index in [1.807, 2.05) is 31.2 Å². The number of carbonyl (C=O) groups is 2. The van der Waals surface area contributed by atoms with Crippen LogP contribution >= 0.6 is 12.6 Å². The second-order valence-electron chi connectivity index (χ2n) is 9.38. The minimum Gasteiger partial charge on any atom is -0.354 e. The molecule has 5 heteroatoms. The van der Waals surface area contributed by atoms with Gasteiger partial charge in [-0.3, -0.25) is 9.59 Å². The smallest absolute Gasteiger partial charge is 0.242 e. The molecular formula is C25H40N2O2S. The lowest BCUT2D eigenvalue weighted by Crippen LogP contribution is -2.53. The van der Waals surface area contributed by atoms with Crippen LogP contribution < -0.4 is 10.6 Å². The molecule has 2 rings (SSSR count). The van der Waals surface area contributed by atoms with E-state index in [2.05, 4.69) is 37.1 Å². The normalized spacial score (nSPS) is 21.5. The van der Waals surface area contributed by atoms with Crippen LogP contribution in [-0.4, -0.2) is 24.4 Å². The highest BCUT2D eigenvalue weighted by atomic mass is 32.1. The molecule has 1 heterocycles. The Labute approximate surface area is 188 Å². The van der Waals surface area contributed by atoms with Crippen LogP contribution in [0.15, 0.2) is 29.2 Å². The fourth-order valence-corrected chi connectivity index (χ4v) is 4.94. The van der Waals surface area contributed by atoms with Crippen molar-refractivity contribution in [2.45, 2.75) is 101 Å². The van der Waals surface area contributed by atoms with Gasteiger partial charge in [0.2, 0.25) is 11.8 Å². The van der Waals surface area contributed by atoms with Crippen LogP contribution in [0.5, 0.6) is 0 Å². The third-order valence-electron chi connectivity index (χ3n) is 6.16. The van der Waals surface area contributed by atoms with Gasteiger partial charge in [0.05, 0.1) is 5.41 Å². The number of carbonyl (C=O) groups excluding carboxylic acids is 2. The Balaban J connectivity index is 2.19.